The van der Waals surface area contributed by atoms with Crippen LogP contribution in [0.15, 0.2) is 54.6 Å². The molecule has 0 aliphatic carbocycles. The first-order valence-corrected chi connectivity index (χ1v) is 14.6. The van der Waals surface area contributed by atoms with Gasteiger partial charge in [0.15, 0.2) is 0 Å². The summed E-state index contributed by atoms with van der Waals surface area (Å²) in [5.74, 6) is 0.0791. The number of likely N-dealkylation sites (tertiary alicyclic amines) is 1. The van der Waals surface area contributed by atoms with Crippen LogP contribution in [0.25, 0.3) is 0 Å². The van der Waals surface area contributed by atoms with E-state index in [2.05, 4.69) is 56.2 Å². The van der Waals surface area contributed by atoms with Crippen LogP contribution in [0.4, 0.5) is 11.4 Å². The average molecular weight is 485 g/mol. The predicted octanol–water partition coefficient (Wildman–Crippen LogP) is 4.62. The van der Waals surface area contributed by atoms with Gasteiger partial charge in [0.2, 0.25) is 10.0 Å². The van der Waals surface area contributed by atoms with Crippen molar-refractivity contribution >= 4 is 21.4 Å². The van der Waals surface area contributed by atoms with Gasteiger partial charge in [-0.05, 0) is 69.5 Å². The maximum atomic E-state index is 11.9. The first-order valence-electron chi connectivity index (χ1n) is 12.9. The van der Waals surface area contributed by atoms with Crippen molar-refractivity contribution in [2.45, 2.75) is 57.5 Å². The van der Waals surface area contributed by atoms with E-state index in [0.29, 0.717) is 17.8 Å². The van der Waals surface area contributed by atoms with Crippen LogP contribution in [0.5, 0.6) is 0 Å². The Morgan fingerprint density at radius 3 is 2.29 bits per heavy atom. The van der Waals surface area contributed by atoms with Gasteiger partial charge < -0.3 is 10.2 Å². The molecule has 1 atom stereocenters. The maximum absolute atomic E-state index is 11.9. The lowest BCUT2D eigenvalue weighted by Crippen LogP contribution is -2.45. The Morgan fingerprint density at radius 2 is 1.62 bits per heavy atom. The Labute approximate surface area is 205 Å². The molecule has 0 unspecified atom stereocenters. The van der Waals surface area contributed by atoms with Crippen molar-refractivity contribution in [3.63, 3.8) is 0 Å². The highest BCUT2D eigenvalue weighted by Gasteiger charge is 2.24. The average Bonchev–Trinajstić information content (AvgIpc) is 3.15. The van der Waals surface area contributed by atoms with E-state index in [0.717, 1.165) is 38.2 Å². The highest BCUT2D eigenvalue weighted by atomic mass is 32.2. The summed E-state index contributed by atoms with van der Waals surface area (Å²) in [4.78, 5) is 5.05. The number of hydrogen-bond acceptors (Lipinski definition) is 5. The van der Waals surface area contributed by atoms with E-state index < -0.39 is 10.0 Å². The quantitative estimate of drug-likeness (QED) is 0.544. The van der Waals surface area contributed by atoms with Crippen LogP contribution in [0.1, 0.15) is 57.1 Å². The van der Waals surface area contributed by atoms with Crippen molar-refractivity contribution < 1.29 is 8.42 Å². The van der Waals surface area contributed by atoms with E-state index in [4.69, 9.17) is 0 Å². The number of nitrogens with zero attached hydrogens (tertiary/aromatic N) is 2. The zero-order valence-electron chi connectivity index (χ0n) is 20.5. The Balaban J connectivity index is 1.33. The molecule has 0 bridgehead atoms. The fourth-order valence-corrected chi connectivity index (χ4v) is 5.81. The van der Waals surface area contributed by atoms with Crippen LogP contribution in [0, 0.1) is 0 Å². The van der Waals surface area contributed by atoms with E-state index in [1.54, 1.807) is 6.92 Å². The number of hydrogen-bond donors (Lipinski definition) is 2. The van der Waals surface area contributed by atoms with Crippen molar-refractivity contribution in [2.75, 3.05) is 48.1 Å². The summed E-state index contributed by atoms with van der Waals surface area (Å²) in [5.41, 5.74) is 3.14. The minimum Gasteiger partial charge on any atom is -0.371 e. The van der Waals surface area contributed by atoms with Crippen molar-refractivity contribution in [3.05, 3.63) is 60.2 Å². The monoisotopic (exact) mass is 484 g/mol. The summed E-state index contributed by atoms with van der Waals surface area (Å²) in [5, 5.41) is 3.90. The van der Waals surface area contributed by atoms with Gasteiger partial charge in [0.1, 0.15) is 0 Å². The molecule has 4 rings (SSSR count). The molecule has 6 nitrogen and oxygen atoms in total. The van der Waals surface area contributed by atoms with E-state index in [1.807, 2.05) is 18.2 Å². The summed E-state index contributed by atoms with van der Waals surface area (Å²) in [6.45, 7) is 6.97. The van der Waals surface area contributed by atoms with Gasteiger partial charge in [0, 0.05) is 37.4 Å². The van der Waals surface area contributed by atoms with E-state index in [9.17, 15) is 8.42 Å². The predicted molar refractivity (Wildman–Crippen MR) is 142 cm³/mol. The third-order valence-electron chi connectivity index (χ3n) is 7.23. The third kappa shape index (κ3) is 6.96. The van der Waals surface area contributed by atoms with Gasteiger partial charge in [-0.2, -0.15) is 0 Å². The SMILES string of the molecule is CCS(=O)(=O)Nc1cccc(N2CCC(NC[C@@H](c3ccccc3)N3CCCCCC3)CC2)c1. The lowest BCUT2D eigenvalue weighted by atomic mass is 10.0. The fourth-order valence-electron chi connectivity index (χ4n) is 5.18. The third-order valence-corrected chi connectivity index (χ3v) is 8.53. The van der Waals surface area contributed by atoms with Gasteiger partial charge in [0.25, 0.3) is 0 Å². The molecule has 186 valence electrons. The van der Waals surface area contributed by atoms with E-state index in [1.165, 1.54) is 44.3 Å². The molecule has 2 aromatic carbocycles. The molecule has 2 saturated heterocycles. The van der Waals surface area contributed by atoms with E-state index >= 15 is 0 Å². The smallest absolute Gasteiger partial charge is 0.232 e. The van der Waals surface area contributed by atoms with Gasteiger partial charge in [-0.25, -0.2) is 8.42 Å². The number of anilines is 2. The number of nitrogens with one attached hydrogen (secondary N) is 2. The largest absolute Gasteiger partial charge is 0.371 e. The lowest BCUT2D eigenvalue weighted by molar-refractivity contribution is 0.193. The zero-order valence-corrected chi connectivity index (χ0v) is 21.3. The molecule has 0 radical (unpaired) electrons. The first kappa shape index (κ1) is 25.0. The summed E-state index contributed by atoms with van der Waals surface area (Å²) >= 11 is 0. The van der Waals surface area contributed by atoms with Gasteiger partial charge in [-0.1, -0.05) is 49.2 Å². The molecule has 34 heavy (non-hydrogen) atoms. The van der Waals surface area contributed by atoms with E-state index in [-0.39, 0.29) is 5.75 Å². The van der Waals surface area contributed by atoms with Crippen LogP contribution in [0.2, 0.25) is 0 Å². The van der Waals surface area contributed by atoms with Crippen molar-refractivity contribution in [3.8, 4) is 0 Å². The van der Waals surface area contributed by atoms with Crippen LogP contribution < -0.4 is 14.9 Å². The topological polar surface area (TPSA) is 64.7 Å². The molecule has 7 heteroatoms. The molecule has 0 saturated carbocycles. The second kappa shape index (κ2) is 12.0. The van der Waals surface area contributed by atoms with Gasteiger partial charge in [-0.3, -0.25) is 9.62 Å². The standard InChI is InChI=1S/C27H40N4O2S/c1-2-34(32,33)29-25-13-10-14-26(21-25)30-19-15-24(16-20-30)28-22-27(23-11-6-5-7-12-23)31-17-8-3-4-9-18-31/h5-7,10-14,21,24,27-29H,2-4,8-9,15-20,22H2,1H3/t27-/m0/s1. The van der Waals surface area contributed by atoms with Crippen molar-refractivity contribution in [2.24, 2.45) is 0 Å². The number of sulfonamides is 1. The Kier molecular flexibility index (Phi) is 8.86. The molecule has 0 amide bonds. The summed E-state index contributed by atoms with van der Waals surface area (Å²) in [6, 6.07) is 19.7. The fraction of sp³-hybridized carbons (Fsp3) is 0.556. The molecule has 2 heterocycles. The normalized spacial score (nSPS) is 19.5. The Hall–Kier alpha value is -2.09. The van der Waals surface area contributed by atoms with Crippen molar-refractivity contribution in [1.29, 1.82) is 0 Å². The lowest BCUT2D eigenvalue weighted by Gasteiger charge is -2.37. The van der Waals surface area contributed by atoms with Crippen molar-refractivity contribution in [1.82, 2.24) is 10.2 Å². The summed E-state index contributed by atoms with van der Waals surface area (Å²) in [6.07, 6.45) is 7.49. The molecule has 2 aliphatic rings. The number of benzene rings is 2. The number of rotatable bonds is 9. The van der Waals surface area contributed by atoms with Crippen LogP contribution >= 0.6 is 0 Å². The Morgan fingerprint density at radius 1 is 0.912 bits per heavy atom. The molecule has 0 aromatic heterocycles. The van der Waals surface area contributed by atoms with Crippen LogP contribution in [-0.4, -0.2) is 57.8 Å². The second-order valence-electron chi connectivity index (χ2n) is 9.60. The number of piperidine rings is 1. The highest BCUT2D eigenvalue weighted by Crippen LogP contribution is 2.26. The minimum absolute atomic E-state index is 0.0791. The molecular weight excluding hydrogens is 444 g/mol. The molecule has 2 aromatic rings. The van der Waals surface area contributed by atoms with Gasteiger partial charge in [0.05, 0.1) is 11.4 Å². The highest BCUT2D eigenvalue weighted by molar-refractivity contribution is 7.92. The molecular formula is C27H40N4O2S. The molecule has 2 aliphatic heterocycles. The molecule has 2 fully saturated rings. The summed E-state index contributed by atoms with van der Waals surface area (Å²) in [7, 11) is -3.26. The molecule has 0 spiro atoms. The minimum atomic E-state index is -3.26. The van der Waals surface area contributed by atoms with Gasteiger partial charge >= 0.3 is 0 Å². The second-order valence-corrected chi connectivity index (χ2v) is 11.6. The van der Waals surface area contributed by atoms with Gasteiger partial charge in [-0.15, -0.1) is 0 Å². The first-order chi connectivity index (χ1) is 16.5. The zero-order chi connectivity index (χ0) is 23.8. The maximum Gasteiger partial charge on any atom is 0.232 e. The van der Waals surface area contributed by atoms with Crippen LogP contribution in [-0.2, 0) is 10.0 Å². The Bertz CT molecular complexity index is 983. The molecule has 2 N–H and O–H groups in total. The van der Waals surface area contributed by atoms with Crippen LogP contribution in [0.3, 0.4) is 0 Å². The summed E-state index contributed by atoms with van der Waals surface area (Å²) < 4.78 is 26.5.